The summed E-state index contributed by atoms with van der Waals surface area (Å²) in [6.45, 7) is 14.9. The lowest BCUT2D eigenvalue weighted by Gasteiger charge is -2.26. The van der Waals surface area contributed by atoms with Gasteiger partial charge >= 0.3 is 18.2 Å². The molecule has 1 atom stereocenters. The molecule has 0 aromatic heterocycles. The topological polar surface area (TPSA) is 127 Å². The van der Waals surface area contributed by atoms with Gasteiger partial charge in [0, 0.05) is 13.1 Å². The highest BCUT2D eigenvalue weighted by Crippen LogP contribution is 2.12. The molecule has 0 radical (unpaired) electrons. The van der Waals surface area contributed by atoms with Crippen molar-refractivity contribution in [3.05, 3.63) is 48.6 Å². The van der Waals surface area contributed by atoms with Gasteiger partial charge < -0.3 is 24.8 Å². The van der Waals surface area contributed by atoms with Gasteiger partial charge in [-0.05, 0) is 59.9 Å². The Morgan fingerprint density at radius 2 is 1.64 bits per heavy atom. The molecule has 3 N–H and O–H groups in total. The number of alkyl carbamates (subject to hydrolysis) is 2. The smallest absolute Gasteiger partial charge is 0.414 e. The number of carbonyl (C=O) groups excluding carboxylic acids is 3. The molecule has 10 heteroatoms. The number of aliphatic imine (C=N–C) groups is 1. The Labute approximate surface area is 213 Å². The monoisotopic (exact) mass is 504 g/mol. The summed E-state index contributed by atoms with van der Waals surface area (Å²) >= 11 is 0. The fourth-order valence-corrected chi connectivity index (χ4v) is 2.72. The van der Waals surface area contributed by atoms with Gasteiger partial charge in [0.05, 0.1) is 0 Å². The number of amides is 2. The summed E-state index contributed by atoms with van der Waals surface area (Å²) in [6.07, 6.45) is 0.922. The van der Waals surface area contributed by atoms with E-state index in [-0.39, 0.29) is 25.5 Å². The van der Waals surface area contributed by atoms with Crippen molar-refractivity contribution in [1.29, 1.82) is 0 Å². The van der Waals surface area contributed by atoms with Crippen LogP contribution in [0.5, 0.6) is 0 Å². The second-order valence-corrected chi connectivity index (χ2v) is 9.96. The molecule has 0 spiro atoms. The highest BCUT2D eigenvalue weighted by molar-refractivity contribution is 5.94. The van der Waals surface area contributed by atoms with Gasteiger partial charge in [-0.1, -0.05) is 36.4 Å². The van der Waals surface area contributed by atoms with Gasteiger partial charge in [-0.3, -0.25) is 10.3 Å². The van der Waals surface area contributed by atoms with Crippen molar-refractivity contribution < 1.29 is 28.6 Å². The fraction of sp³-hybridized carbons (Fsp3) is 0.538. The highest BCUT2D eigenvalue weighted by Gasteiger charge is 2.28. The Balaban J connectivity index is 2.72. The number of nitrogens with one attached hydrogen (secondary N) is 3. The quantitative estimate of drug-likeness (QED) is 0.109. The van der Waals surface area contributed by atoms with Crippen LogP contribution in [0.3, 0.4) is 0 Å². The third-order valence-corrected chi connectivity index (χ3v) is 4.15. The first-order chi connectivity index (χ1) is 16.8. The van der Waals surface area contributed by atoms with Gasteiger partial charge in [-0.25, -0.2) is 14.4 Å². The molecule has 0 heterocycles. The van der Waals surface area contributed by atoms with E-state index in [1.807, 2.05) is 30.3 Å². The van der Waals surface area contributed by atoms with Crippen LogP contribution < -0.4 is 16.0 Å². The Morgan fingerprint density at radius 3 is 2.22 bits per heavy atom. The molecule has 0 aliphatic carbocycles. The normalized spacial score (nSPS) is 12.7. The predicted molar refractivity (Wildman–Crippen MR) is 139 cm³/mol. The standard InChI is InChI=1S/C26H40N4O6/c1-8-16-27-22(30-23(32)34-18-19-13-10-9-11-14-19)28-17-12-15-20(21(31)35-25(2,3)4)29-24(33)36-26(5,6)7/h8-11,13-14,20H,1,12,15-18H2,2-7H3,(H,29,33)(H2,27,28,30,32)/t20-/m0/s1. The van der Waals surface area contributed by atoms with E-state index in [0.29, 0.717) is 13.0 Å². The molecule has 1 aromatic carbocycles. The van der Waals surface area contributed by atoms with Crippen molar-refractivity contribution in [1.82, 2.24) is 16.0 Å². The van der Waals surface area contributed by atoms with Crippen molar-refractivity contribution in [2.24, 2.45) is 4.99 Å². The van der Waals surface area contributed by atoms with Crippen LogP contribution in [0.4, 0.5) is 9.59 Å². The van der Waals surface area contributed by atoms with E-state index in [1.165, 1.54) is 0 Å². The molecule has 0 fully saturated rings. The van der Waals surface area contributed by atoms with Crippen LogP contribution in [0, 0.1) is 0 Å². The van der Waals surface area contributed by atoms with Crippen LogP contribution in [0.2, 0.25) is 0 Å². The summed E-state index contributed by atoms with van der Waals surface area (Å²) in [5, 5.41) is 8.09. The van der Waals surface area contributed by atoms with Crippen LogP contribution in [0.25, 0.3) is 0 Å². The van der Waals surface area contributed by atoms with Gasteiger partial charge in [0.15, 0.2) is 0 Å². The van der Waals surface area contributed by atoms with Crippen molar-refractivity contribution in [3.63, 3.8) is 0 Å². The first-order valence-electron chi connectivity index (χ1n) is 11.9. The molecular weight excluding hydrogens is 464 g/mol. The molecule has 0 aliphatic rings. The number of benzene rings is 1. The molecule has 200 valence electrons. The number of guanidine groups is 1. The Morgan fingerprint density at radius 1 is 1.00 bits per heavy atom. The molecular formula is C26H40N4O6. The lowest BCUT2D eigenvalue weighted by Crippen LogP contribution is -2.46. The molecule has 2 amide bonds. The van der Waals surface area contributed by atoms with Crippen molar-refractivity contribution in [2.75, 3.05) is 13.1 Å². The van der Waals surface area contributed by atoms with Crippen molar-refractivity contribution in [3.8, 4) is 0 Å². The Bertz CT molecular complexity index is 888. The zero-order valence-corrected chi connectivity index (χ0v) is 22.2. The van der Waals surface area contributed by atoms with Crippen molar-refractivity contribution in [2.45, 2.75) is 78.2 Å². The van der Waals surface area contributed by atoms with E-state index in [4.69, 9.17) is 14.2 Å². The number of hydrogen-bond acceptors (Lipinski definition) is 7. The maximum atomic E-state index is 12.6. The van der Waals surface area contributed by atoms with Crippen LogP contribution in [0.15, 0.2) is 48.0 Å². The summed E-state index contributed by atoms with van der Waals surface area (Å²) in [5.74, 6) is -0.355. The molecule has 1 rings (SSSR count). The van der Waals surface area contributed by atoms with Gasteiger partial charge in [0.1, 0.15) is 23.9 Å². The fourth-order valence-electron chi connectivity index (χ4n) is 2.72. The average Bonchev–Trinajstić information content (AvgIpc) is 2.76. The first-order valence-corrected chi connectivity index (χ1v) is 11.9. The number of ether oxygens (including phenoxy) is 3. The van der Waals surface area contributed by atoms with Crippen LogP contribution in [0.1, 0.15) is 59.9 Å². The molecule has 36 heavy (non-hydrogen) atoms. The lowest BCUT2D eigenvalue weighted by molar-refractivity contribution is -0.157. The zero-order chi connectivity index (χ0) is 27.2. The summed E-state index contributed by atoms with van der Waals surface area (Å²) in [6, 6.07) is 8.39. The van der Waals surface area contributed by atoms with E-state index in [2.05, 4.69) is 27.5 Å². The molecule has 0 unspecified atom stereocenters. The molecule has 0 saturated carbocycles. The van der Waals surface area contributed by atoms with Crippen molar-refractivity contribution >= 4 is 24.1 Å². The second kappa shape index (κ2) is 14.8. The van der Waals surface area contributed by atoms with E-state index in [1.54, 1.807) is 47.6 Å². The minimum absolute atomic E-state index is 0.120. The maximum absolute atomic E-state index is 12.6. The van der Waals surface area contributed by atoms with Crippen LogP contribution >= 0.6 is 0 Å². The van der Waals surface area contributed by atoms with Gasteiger partial charge in [-0.15, -0.1) is 6.58 Å². The third kappa shape index (κ3) is 14.6. The van der Waals surface area contributed by atoms with E-state index >= 15 is 0 Å². The maximum Gasteiger partial charge on any atom is 0.414 e. The summed E-state index contributed by atoms with van der Waals surface area (Å²) in [7, 11) is 0. The largest absolute Gasteiger partial charge is 0.458 e. The SMILES string of the molecule is C=CCNC(=NCCC[C@H](NC(=O)OC(C)(C)C)C(=O)OC(C)(C)C)NC(=O)OCc1ccccc1. The zero-order valence-electron chi connectivity index (χ0n) is 22.2. The predicted octanol–water partition coefficient (Wildman–Crippen LogP) is 4.06. The Kier molecular flexibility index (Phi) is 12.5. The van der Waals surface area contributed by atoms with E-state index < -0.39 is 35.4 Å². The first kappa shape index (κ1) is 30.5. The third-order valence-electron chi connectivity index (χ3n) is 4.15. The number of carbonyl (C=O) groups is 3. The van der Waals surface area contributed by atoms with E-state index in [0.717, 1.165) is 5.56 Å². The summed E-state index contributed by atoms with van der Waals surface area (Å²) in [5.41, 5.74) is -0.565. The van der Waals surface area contributed by atoms with Gasteiger partial charge in [-0.2, -0.15) is 0 Å². The number of esters is 1. The van der Waals surface area contributed by atoms with Gasteiger partial charge in [0.2, 0.25) is 5.96 Å². The minimum Gasteiger partial charge on any atom is -0.458 e. The molecule has 0 bridgehead atoms. The van der Waals surface area contributed by atoms with Crippen LogP contribution in [-0.4, -0.2) is 54.4 Å². The molecule has 10 nitrogen and oxygen atoms in total. The highest BCUT2D eigenvalue weighted by atomic mass is 16.6. The number of rotatable bonds is 10. The number of hydrogen-bond donors (Lipinski definition) is 3. The second-order valence-electron chi connectivity index (χ2n) is 9.96. The summed E-state index contributed by atoms with van der Waals surface area (Å²) in [4.78, 5) is 41.4. The lowest BCUT2D eigenvalue weighted by atomic mass is 10.1. The van der Waals surface area contributed by atoms with Crippen LogP contribution in [-0.2, 0) is 25.6 Å². The number of nitrogens with zero attached hydrogens (tertiary/aromatic N) is 1. The Hall–Kier alpha value is -3.56. The summed E-state index contributed by atoms with van der Waals surface area (Å²) < 4.78 is 15.9. The molecule has 1 aromatic rings. The molecule has 0 aliphatic heterocycles. The molecule has 0 saturated heterocycles. The average molecular weight is 505 g/mol. The minimum atomic E-state index is -0.914. The van der Waals surface area contributed by atoms with Gasteiger partial charge in [0.25, 0.3) is 0 Å². The van der Waals surface area contributed by atoms with E-state index in [9.17, 15) is 14.4 Å².